The second-order valence-electron chi connectivity index (χ2n) is 7.45. The van der Waals surface area contributed by atoms with Gasteiger partial charge in [0.1, 0.15) is 15.9 Å². The van der Waals surface area contributed by atoms with Crippen LogP contribution < -0.4 is 24.2 Å². The van der Waals surface area contributed by atoms with Gasteiger partial charge in [0.15, 0.2) is 0 Å². The van der Waals surface area contributed by atoms with E-state index in [1.165, 1.54) is 25.8 Å². The lowest BCUT2D eigenvalue weighted by Gasteiger charge is -2.12. The third kappa shape index (κ3) is 3.64. The Morgan fingerprint density at radius 1 is 1.00 bits per heavy atom. The Labute approximate surface area is 199 Å². The van der Waals surface area contributed by atoms with Gasteiger partial charge >= 0.3 is 0 Å². The van der Waals surface area contributed by atoms with Crippen molar-refractivity contribution < 1.29 is 4.57 Å². The molecule has 0 radical (unpaired) electrons. The van der Waals surface area contributed by atoms with Gasteiger partial charge in [-0.05, 0) is 44.2 Å². The molecule has 4 nitrogen and oxygen atoms in total. The van der Waals surface area contributed by atoms with E-state index >= 15 is 0 Å². The molecule has 3 heterocycles. The highest BCUT2D eigenvalue weighted by Crippen LogP contribution is 2.44. The van der Waals surface area contributed by atoms with Crippen molar-refractivity contribution >= 4 is 62.5 Å². The van der Waals surface area contributed by atoms with Crippen molar-refractivity contribution in [2.75, 3.05) is 11.9 Å². The Hall–Kier alpha value is -2.61. The summed E-state index contributed by atoms with van der Waals surface area (Å²) in [5, 5.41) is 2.30. The van der Waals surface area contributed by atoms with Crippen LogP contribution in [0.4, 0.5) is 5.69 Å². The van der Waals surface area contributed by atoms with Crippen LogP contribution >= 0.6 is 34.4 Å². The van der Waals surface area contributed by atoms with Crippen molar-refractivity contribution in [3.05, 3.63) is 84.2 Å². The zero-order valence-corrected chi connectivity index (χ0v) is 20.7. The van der Waals surface area contributed by atoms with Gasteiger partial charge in [-0.1, -0.05) is 47.4 Å². The van der Waals surface area contributed by atoms with Gasteiger partial charge in [-0.3, -0.25) is 9.36 Å². The van der Waals surface area contributed by atoms with Crippen molar-refractivity contribution in [2.24, 2.45) is 0 Å². The first kappa shape index (κ1) is 21.2. The van der Waals surface area contributed by atoms with E-state index in [1.54, 1.807) is 34.4 Å². The molecule has 0 unspecified atom stereocenters. The number of hydrogen-bond donors (Lipinski definition) is 0. The summed E-state index contributed by atoms with van der Waals surface area (Å²) in [4.78, 5) is 16.5. The van der Waals surface area contributed by atoms with Crippen molar-refractivity contribution in [2.45, 2.75) is 31.8 Å². The van der Waals surface area contributed by atoms with Crippen LogP contribution in [0, 0.1) is 0 Å². The first-order valence-corrected chi connectivity index (χ1v) is 13.1. The predicted octanol–water partition coefficient (Wildman–Crippen LogP) is 4.14. The normalized spacial score (nSPS) is 16.0. The van der Waals surface area contributed by atoms with Crippen molar-refractivity contribution in [1.29, 1.82) is 0 Å². The van der Waals surface area contributed by atoms with E-state index in [4.69, 9.17) is 0 Å². The highest BCUT2D eigenvalue weighted by molar-refractivity contribution is 8.03. The molecule has 5 rings (SSSR count). The highest BCUT2D eigenvalue weighted by atomic mass is 32.2. The molecule has 162 valence electrons. The summed E-state index contributed by atoms with van der Waals surface area (Å²) >= 11 is 5.07. The highest BCUT2D eigenvalue weighted by Gasteiger charge is 2.21. The number of rotatable bonds is 4. The van der Waals surface area contributed by atoms with E-state index < -0.39 is 0 Å². The van der Waals surface area contributed by atoms with Gasteiger partial charge in [0, 0.05) is 24.6 Å². The lowest BCUT2D eigenvalue weighted by Crippen LogP contribution is -2.35. The van der Waals surface area contributed by atoms with Crippen LogP contribution in [0.3, 0.4) is 0 Å². The number of nitrogens with zero attached hydrogens (tertiary/aromatic N) is 3. The quantitative estimate of drug-likeness (QED) is 0.413. The number of benzene rings is 2. The van der Waals surface area contributed by atoms with Gasteiger partial charge in [0.05, 0.1) is 21.3 Å². The minimum atomic E-state index is 0.0768. The second kappa shape index (κ2) is 8.73. The number of anilines is 1. The molecule has 0 aliphatic carbocycles. The molecular weight excluding hydrogens is 454 g/mol. The smallest absolute Gasteiger partial charge is 0.269 e. The molecule has 0 spiro atoms. The molecular formula is C25H24N3OS3+. The fourth-order valence-electron chi connectivity index (χ4n) is 3.96. The van der Waals surface area contributed by atoms with Gasteiger partial charge in [-0.25, -0.2) is 0 Å². The lowest BCUT2D eigenvalue weighted by atomic mass is 10.3. The molecule has 0 saturated carbocycles. The molecule has 1 aliphatic heterocycles. The Balaban J connectivity index is 1.60. The molecule has 0 saturated heterocycles. The number of thiazole rings is 2. The topological polar surface area (TPSA) is 29.1 Å². The number of para-hydroxylation sites is 2. The number of aryl methyl sites for hydroxylation is 1. The summed E-state index contributed by atoms with van der Waals surface area (Å²) in [6.07, 6.45) is 6.20. The van der Waals surface area contributed by atoms with E-state index in [1.807, 2.05) is 17.6 Å². The summed E-state index contributed by atoms with van der Waals surface area (Å²) < 4.78 is 7.21. The minimum absolute atomic E-state index is 0.0768. The summed E-state index contributed by atoms with van der Waals surface area (Å²) in [6.45, 7) is 5.75. The maximum atomic E-state index is 13.1. The first-order chi connectivity index (χ1) is 15.6. The largest absolute Gasteiger partial charge is 0.338 e. The molecule has 0 fully saturated rings. The van der Waals surface area contributed by atoms with E-state index in [0.717, 1.165) is 20.8 Å². The molecule has 0 N–H and O–H groups in total. The number of thioether (sulfide) groups is 1. The summed E-state index contributed by atoms with van der Waals surface area (Å²) in [7, 11) is 2.07. The van der Waals surface area contributed by atoms with Crippen molar-refractivity contribution in [3.63, 3.8) is 0 Å². The fraction of sp³-hybridized carbons (Fsp3) is 0.200. The molecule has 0 atom stereocenters. The Bertz CT molecular complexity index is 1520. The van der Waals surface area contributed by atoms with Crippen LogP contribution in [0.5, 0.6) is 0 Å². The molecule has 2 aromatic carbocycles. The van der Waals surface area contributed by atoms with Gasteiger partial charge in [-0.15, -0.1) is 11.3 Å². The maximum absolute atomic E-state index is 13.1. The lowest BCUT2D eigenvalue weighted by molar-refractivity contribution is -0.665. The predicted molar refractivity (Wildman–Crippen MR) is 138 cm³/mol. The molecule has 1 aliphatic rings. The average molecular weight is 479 g/mol. The Kier molecular flexibility index (Phi) is 5.80. The van der Waals surface area contributed by atoms with Crippen LogP contribution in [-0.4, -0.2) is 11.6 Å². The van der Waals surface area contributed by atoms with E-state index in [2.05, 4.69) is 84.1 Å². The summed E-state index contributed by atoms with van der Waals surface area (Å²) in [6, 6.07) is 16.8. The van der Waals surface area contributed by atoms with E-state index in [0.29, 0.717) is 6.54 Å². The standard InChI is InChI=1S/C25H24N3OS3/c1-4-27-18-11-7-9-13-20(18)31-23(27)16-24-28(5-2)25(29)21(32-24)14-15-22-26(3)17-10-6-8-12-19(17)30-22/h6-16H,4-5H2,1-3H3/q+1/b21-14-,22-15-. The van der Waals surface area contributed by atoms with Crippen molar-refractivity contribution in [1.82, 2.24) is 4.57 Å². The van der Waals surface area contributed by atoms with Crippen molar-refractivity contribution in [3.8, 4) is 0 Å². The monoisotopic (exact) mass is 478 g/mol. The second-order valence-corrected chi connectivity index (χ2v) is 10.6. The van der Waals surface area contributed by atoms with Gasteiger partial charge in [0.2, 0.25) is 5.52 Å². The van der Waals surface area contributed by atoms with Crippen LogP contribution in [0.25, 0.3) is 22.4 Å². The van der Waals surface area contributed by atoms with E-state index in [-0.39, 0.29) is 5.56 Å². The van der Waals surface area contributed by atoms with Gasteiger partial charge < -0.3 is 4.90 Å². The first-order valence-electron chi connectivity index (χ1n) is 10.7. The fourth-order valence-corrected chi connectivity index (χ4v) is 7.30. The zero-order chi connectivity index (χ0) is 22.2. The number of allylic oxidation sites excluding steroid dienone is 1. The average Bonchev–Trinajstić information content (AvgIpc) is 3.43. The Morgan fingerprint density at radius 3 is 2.56 bits per heavy atom. The number of fused-ring (bicyclic) bond motifs is 2. The third-order valence-electron chi connectivity index (χ3n) is 5.60. The van der Waals surface area contributed by atoms with Crippen LogP contribution in [0.1, 0.15) is 18.9 Å². The molecule has 32 heavy (non-hydrogen) atoms. The molecule has 2 aromatic heterocycles. The summed E-state index contributed by atoms with van der Waals surface area (Å²) in [5.74, 6) is 0. The zero-order valence-electron chi connectivity index (χ0n) is 18.2. The Morgan fingerprint density at radius 2 is 1.78 bits per heavy atom. The van der Waals surface area contributed by atoms with Crippen LogP contribution in [-0.2, 0) is 13.1 Å². The third-order valence-corrected chi connectivity index (χ3v) is 8.98. The van der Waals surface area contributed by atoms with Gasteiger partial charge in [0.25, 0.3) is 10.6 Å². The number of aromatic nitrogens is 2. The molecule has 0 bridgehead atoms. The molecule has 0 amide bonds. The number of hydrogen-bond acceptors (Lipinski definition) is 5. The van der Waals surface area contributed by atoms with Crippen LogP contribution in [0.15, 0.2) is 69.3 Å². The summed E-state index contributed by atoms with van der Waals surface area (Å²) in [5.41, 5.74) is 2.52. The van der Waals surface area contributed by atoms with Gasteiger partial charge in [-0.2, -0.15) is 4.57 Å². The van der Waals surface area contributed by atoms with Crippen LogP contribution in [0.2, 0.25) is 0 Å². The minimum Gasteiger partial charge on any atom is -0.338 e. The SMILES string of the molecule is CCn1c(=O)/c(=C/C=C2\Sc3ccccc3N2C)s/c1=C\c1sc2ccccc2[n+]1CC. The molecule has 7 heteroatoms. The van der Waals surface area contributed by atoms with E-state index in [9.17, 15) is 4.79 Å². The maximum Gasteiger partial charge on any atom is 0.269 e. The molecule has 4 aromatic rings.